The molecule has 3 amide bonds. The highest BCUT2D eigenvalue weighted by Gasteiger charge is 2.11. The lowest BCUT2D eigenvalue weighted by Gasteiger charge is -2.27. The average Bonchev–Trinajstić information content (AvgIpc) is 2.36. The van der Waals surface area contributed by atoms with E-state index in [1.54, 1.807) is 19.1 Å². The molecule has 0 radical (unpaired) electrons. The SMILES string of the molecule is CNC(=O)CCN(CCCNC(N)=O)N(C)N=N. The molecule has 0 aliphatic rings. The molecule has 0 atom stereocenters. The normalized spacial score (nSPS) is 9.94. The van der Waals surface area contributed by atoms with Gasteiger partial charge in [0, 0.05) is 40.2 Å². The van der Waals surface area contributed by atoms with Crippen molar-refractivity contribution in [1.82, 2.24) is 20.8 Å². The Morgan fingerprint density at radius 2 is 2.06 bits per heavy atom. The number of hydrogen-bond acceptors (Lipinski definition) is 5. The van der Waals surface area contributed by atoms with Crippen LogP contribution in [-0.4, -0.2) is 55.8 Å². The van der Waals surface area contributed by atoms with E-state index in [4.69, 9.17) is 11.3 Å². The molecular weight excluding hydrogens is 238 g/mol. The summed E-state index contributed by atoms with van der Waals surface area (Å²) in [5.41, 5.74) is 11.9. The molecule has 9 heteroatoms. The van der Waals surface area contributed by atoms with Crippen LogP contribution in [0.5, 0.6) is 0 Å². The molecular formula is C9H21N7O2. The minimum absolute atomic E-state index is 0.0753. The van der Waals surface area contributed by atoms with Crippen LogP contribution in [0.1, 0.15) is 12.8 Å². The Kier molecular flexibility index (Phi) is 8.20. The van der Waals surface area contributed by atoms with Gasteiger partial charge in [-0.15, -0.1) is 0 Å². The van der Waals surface area contributed by atoms with Gasteiger partial charge in [0.05, 0.1) is 0 Å². The van der Waals surface area contributed by atoms with Gasteiger partial charge in [0.15, 0.2) is 0 Å². The predicted molar refractivity (Wildman–Crippen MR) is 65.4 cm³/mol. The number of primary amides is 1. The Morgan fingerprint density at radius 1 is 1.39 bits per heavy atom. The van der Waals surface area contributed by atoms with Crippen LogP contribution in [0, 0.1) is 5.53 Å². The van der Waals surface area contributed by atoms with Crippen molar-refractivity contribution in [2.24, 2.45) is 11.0 Å². The fourth-order valence-corrected chi connectivity index (χ4v) is 1.29. The lowest BCUT2D eigenvalue weighted by molar-refractivity contribution is -0.122. The molecule has 0 aromatic rings. The zero-order chi connectivity index (χ0) is 14.0. The van der Waals surface area contributed by atoms with Gasteiger partial charge >= 0.3 is 6.03 Å². The van der Waals surface area contributed by atoms with E-state index in [1.165, 1.54) is 5.12 Å². The third kappa shape index (κ3) is 7.39. The molecule has 0 bridgehead atoms. The Bertz CT molecular complexity index is 284. The van der Waals surface area contributed by atoms with Crippen molar-refractivity contribution in [1.29, 1.82) is 5.53 Å². The van der Waals surface area contributed by atoms with Crippen molar-refractivity contribution in [3.63, 3.8) is 0 Å². The molecule has 0 aromatic heterocycles. The first-order valence-corrected chi connectivity index (χ1v) is 5.61. The largest absolute Gasteiger partial charge is 0.359 e. The zero-order valence-corrected chi connectivity index (χ0v) is 10.8. The van der Waals surface area contributed by atoms with Crippen LogP contribution in [-0.2, 0) is 4.79 Å². The van der Waals surface area contributed by atoms with Crippen LogP contribution in [0.15, 0.2) is 5.22 Å². The van der Waals surface area contributed by atoms with E-state index in [1.807, 2.05) is 0 Å². The number of nitrogens with one attached hydrogen (secondary N) is 3. The molecule has 9 nitrogen and oxygen atoms in total. The standard InChI is InChI=1S/C9H21N7O2/c1-12-8(17)4-7-16(15(2)14-11)6-3-5-13-9(10)18/h11H,3-7H2,1-2H3,(H,12,17)(H3,10,13,18). The van der Waals surface area contributed by atoms with Crippen LogP contribution in [0.4, 0.5) is 4.79 Å². The number of rotatable bonds is 9. The minimum atomic E-state index is -0.564. The maximum atomic E-state index is 11.1. The van der Waals surface area contributed by atoms with Crippen LogP contribution in [0.3, 0.4) is 0 Å². The maximum Gasteiger partial charge on any atom is 0.312 e. The Hall–Kier alpha value is -1.90. The Morgan fingerprint density at radius 3 is 2.56 bits per heavy atom. The van der Waals surface area contributed by atoms with Gasteiger partial charge in [0.1, 0.15) is 0 Å². The molecule has 0 unspecified atom stereocenters. The number of nitrogens with zero attached hydrogens (tertiary/aromatic N) is 3. The maximum absolute atomic E-state index is 11.1. The van der Waals surface area contributed by atoms with Gasteiger partial charge in [-0.25, -0.2) is 14.9 Å². The Labute approximate surface area is 106 Å². The lowest BCUT2D eigenvalue weighted by Crippen LogP contribution is -2.40. The van der Waals surface area contributed by atoms with Gasteiger partial charge in [-0.1, -0.05) is 5.22 Å². The highest BCUT2D eigenvalue weighted by molar-refractivity contribution is 5.75. The van der Waals surface area contributed by atoms with Crippen molar-refractivity contribution in [2.75, 3.05) is 33.7 Å². The van der Waals surface area contributed by atoms with Crippen LogP contribution in [0.25, 0.3) is 0 Å². The molecule has 0 heterocycles. The number of hydrazine groups is 1. The van der Waals surface area contributed by atoms with Crippen molar-refractivity contribution in [3.05, 3.63) is 0 Å². The fourth-order valence-electron chi connectivity index (χ4n) is 1.29. The summed E-state index contributed by atoms with van der Waals surface area (Å²) < 4.78 is 0. The second-order valence-electron chi connectivity index (χ2n) is 3.61. The summed E-state index contributed by atoms with van der Waals surface area (Å²) in [7, 11) is 3.19. The summed E-state index contributed by atoms with van der Waals surface area (Å²) in [5, 5.41) is 11.4. The van der Waals surface area contributed by atoms with Crippen LogP contribution < -0.4 is 16.4 Å². The Balaban J connectivity index is 4.03. The highest BCUT2D eigenvalue weighted by Crippen LogP contribution is 1.99. The molecule has 0 saturated heterocycles. The average molecular weight is 259 g/mol. The molecule has 104 valence electrons. The third-order valence-corrected chi connectivity index (χ3v) is 2.32. The number of urea groups is 1. The third-order valence-electron chi connectivity index (χ3n) is 2.32. The number of carbonyl (C=O) groups excluding carboxylic acids is 2. The second kappa shape index (κ2) is 9.16. The zero-order valence-electron chi connectivity index (χ0n) is 10.8. The van der Waals surface area contributed by atoms with E-state index >= 15 is 0 Å². The summed E-state index contributed by atoms with van der Waals surface area (Å²) in [6.45, 7) is 1.46. The quantitative estimate of drug-likeness (QED) is 0.247. The summed E-state index contributed by atoms with van der Waals surface area (Å²) in [4.78, 5) is 21.6. The number of nitrogens with two attached hydrogens (primary N) is 1. The molecule has 0 spiro atoms. The number of hydrogen-bond donors (Lipinski definition) is 4. The molecule has 18 heavy (non-hydrogen) atoms. The van der Waals surface area contributed by atoms with Gasteiger partial charge in [0.25, 0.3) is 0 Å². The lowest BCUT2D eigenvalue weighted by atomic mass is 10.3. The van der Waals surface area contributed by atoms with Gasteiger partial charge in [0.2, 0.25) is 5.91 Å². The van der Waals surface area contributed by atoms with Gasteiger partial charge in [-0.2, -0.15) is 5.53 Å². The van der Waals surface area contributed by atoms with Gasteiger partial charge in [-0.05, 0) is 6.42 Å². The van der Waals surface area contributed by atoms with Crippen molar-refractivity contribution >= 4 is 11.9 Å². The number of amides is 3. The van der Waals surface area contributed by atoms with Crippen LogP contribution >= 0.6 is 0 Å². The molecule has 0 fully saturated rings. The first-order valence-electron chi connectivity index (χ1n) is 5.61. The fraction of sp³-hybridized carbons (Fsp3) is 0.778. The molecule has 0 aromatic carbocycles. The second-order valence-corrected chi connectivity index (χ2v) is 3.61. The van der Waals surface area contributed by atoms with Crippen molar-refractivity contribution in [2.45, 2.75) is 12.8 Å². The summed E-state index contributed by atoms with van der Waals surface area (Å²) >= 11 is 0. The highest BCUT2D eigenvalue weighted by atomic mass is 16.2. The molecule has 0 aliphatic heterocycles. The first-order chi connectivity index (χ1) is 8.51. The smallest absolute Gasteiger partial charge is 0.312 e. The van der Waals surface area contributed by atoms with E-state index in [0.29, 0.717) is 32.5 Å². The van der Waals surface area contributed by atoms with Gasteiger partial charge < -0.3 is 16.4 Å². The van der Waals surface area contributed by atoms with E-state index in [9.17, 15) is 9.59 Å². The predicted octanol–water partition coefficient (Wildman–Crippen LogP) is -0.724. The summed E-state index contributed by atoms with van der Waals surface area (Å²) in [6.07, 6.45) is 0.968. The van der Waals surface area contributed by atoms with E-state index < -0.39 is 6.03 Å². The molecule has 0 saturated carbocycles. The van der Waals surface area contributed by atoms with Crippen molar-refractivity contribution < 1.29 is 9.59 Å². The number of carbonyl (C=O) groups is 2. The summed E-state index contributed by atoms with van der Waals surface area (Å²) in [6, 6.07) is -0.564. The van der Waals surface area contributed by atoms with E-state index in [0.717, 1.165) is 0 Å². The topological polar surface area (TPSA) is 127 Å². The van der Waals surface area contributed by atoms with Gasteiger partial charge in [-0.3, -0.25) is 4.79 Å². The molecule has 0 aliphatic carbocycles. The first kappa shape index (κ1) is 16.1. The monoisotopic (exact) mass is 259 g/mol. The van der Waals surface area contributed by atoms with E-state index in [-0.39, 0.29) is 5.91 Å². The molecule has 0 rings (SSSR count). The molecule has 5 N–H and O–H groups in total. The minimum Gasteiger partial charge on any atom is -0.359 e. The van der Waals surface area contributed by atoms with Crippen LogP contribution in [0.2, 0.25) is 0 Å². The van der Waals surface area contributed by atoms with E-state index in [2.05, 4.69) is 15.9 Å². The van der Waals surface area contributed by atoms with Crippen molar-refractivity contribution in [3.8, 4) is 0 Å². The summed E-state index contributed by atoms with van der Waals surface area (Å²) in [5.74, 6) is -0.0753.